The van der Waals surface area contributed by atoms with Crippen LogP contribution in [-0.4, -0.2) is 17.8 Å². The van der Waals surface area contributed by atoms with E-state index in [0.717, 1.165) is 11.3 Å². The van der Waals surface area contributed by atoms with Gasteiger partial charge in [-0.2, -0.15) is 0 Å². The lowest BCUT2D eigenvalue weighted by atomic mass is 10.3. The van der Waals surface area contributed by atoms with Crippen LogP contribution in [0.5, 0.6) is 0 Å². The van der Waals surface area contributed by atoms with Crippen LogP contribution < -0.4 is 5.32 Å². The van der Waals surface area contributed by atoms with Crippen molar-refractivity contribution < 1.29 is 4.79 Å². The first-order chi connectivity index (χ1) is 6.72. The fourth-order valence-corrected chi connectivity index (χ4v) is 1.78. The summed E-state index contributed by atoms with van der Waals surface area (Å²) in [4.78, 5) is 12.5. The van der Waals surface area contributed by atoms with Crippen LogP contribution in [0.1, 0.15) is 18.2 Å². The van der Waals surface area contributed by atoms with Crippen LogP contribution >= 0.6 is 22.9 Å². The molecule has 1 unspecified atom stereocenters. The standard InChI is InChI=1S/C10H14ClNOS/c1-2-8(11)7-12-10(13)6-9-4-3-5-14-9/h3-5,8H,2,6-7H2,1H3,(H,12,13). The van der Waals surface area contributed by atoms with Crippen LogP contribution in [0, 0.1) is 0 Å². The maximum Gasteiger partial charge on any atom is 0.225 e. The third kappa shape index (κ3) is 4.11. The first-order valence-electron chi connectivity index (χ1n) is 4.65. The summed E-state index contributed by atoms with van der Waals surface area (Å²) in [6, 6.07) is 3.91. The minimum absolute atomic E-state index is 0.0438. The number of halogens is 1. The summed E-state index contributed by atoms with van der Waals surface area (Å²) >= 11 is 7.48. The zero-order valence-electron chi connectivity index (χ0n) is 8.13. The number of thiophene rings is 1. The Kier molecular flexibility index (Phi) is 4.98. The van der Waals surface area contributed by atoms with Crippen LogP contribution in [0.15, 0.2) is 17.5 Å². The molecule has 0 aromatic carbocycles. The molecule has 0 aliphatic carbocycles. The Bertz CT molecular complexity index is 274. The van der Waals surface area contributed by atoms with Crippen molar-refractivity contribution in [2.24, 2.45) is 0 Å². The van der Waals surface area contributed by atoms with Gasteiger partial charge in [-0.1, -0.05) is 13.0 Å². The van der Waals surface area contributed by atoms with Gasteiger partial charge in [-0.05, 0) is 17.9 Å². The quantitative estimate of drug-likeness (QED) is 0.775. The van der Waals surface area contributed by atoms with Gasteiger partial charge in [0.25, 0.3) is 0 Å². The Labute approximate surface area is 93.3 Å². The molecule has 1 N–H and O–H groups in total. The minimum atomic E-state index is 0.0438. The SMILES string of the molecule is CCC(Cl)CNC(=O)Cc1cccs1. The highest BCUT2D eigenvalue weighted by Crippen LogP contribution is 2.08. The van der Waals surface area contributed by atoms with Crippen molar-refractivity contribution in [2.45, 2.75) is 25.1 Å². The Hall–Kier alpha value is -0.540. The lowest BCUT2D eigenvalue weighted by Gasteiger charge is -2.07. The molecule has 0 aliphatic rings. The van der Waals surface area contributed by atoms with Crippen LogP contribution in [0.2, 0.25) is 0 Å². The summed E-state index contributed by atoms with van der Waals surface area (Å²) in [6.45, 7) is 2.56. The number of rotatable bonds is 5. The third-order valence-electron chi connectivity index (χ3n) is 1.88. The van der Waals surface area contributed by atoms with Crippen LogP contribution in [0.25, 0.3) is 0 Å². The second-order valence-corrected chi connectivity index (χ2v) is 4.72. The van der Waals surface area contributed by atoms with Crippen molar-refractivity contribution in [3.05, 3.63) is 22.4 Å². The molecule has 1 heterocycles. The highest BCUT2D eigenvalue weighted by molar-refractivity contribution is 7.10. The number of nitrogens with one attached hydrogen (secondary N) is 1. The average Bonchev–Trinajstić information content (AvgIpc) is 2.66. The van der Waals surface area contributed by atoms with Gasteiger partial charge in [0.1, 0.15) is 0 Å². The van der Waals surface area contributed by atoms with E-state index in [2.05, 4.69) is 5.32 Å². The van der Waals surface area contributed by atoms with Gasteiger partial charge in [-0.25, -0.2) is 0 Å². The number of hydrogen-bond acceptors (Lipinski definition) is 2. The van der Waals surface area contributed by atoms with Crippen LogP contribution in [0.4, 0.5) is 0 Å². The monoisotopic (exact) mass is 231 g/mol. The first kappa shape index (κ1) is 11.5. The number of amides is 1. The largest absolute Gasteiger partial charge is 0.354 e. The van der Waals surface area contributed by atoms with Crippen molar-refractivity contribution >= 4 is 28.8 Å². The van der Waals surface area contributed by atoms with E-state index in [1.54, 1.807) is 11.3 Å². The molecule has 14 heavy (non-hydrogen) atoms. The fourth-order valence-electron chi connectivity index (χ4n) is 1.00. The van der Waals surface area contributed by atoms with Crippen LogP contribution in [-0.2, 0) is 11.2 Å². The summed E-state index contributed by atoms with van der Waals surface area (Å²) in [6.07, 6.45) is 1.34. The minimum Gasteiger partial charge on any atom is -0.354 e. The van der Waals surface area contributed by atoms with Gasteiger partial charge in [-0.15, -0.1) is 22.9 Å². The predicted octanol–water partition coefficient (Wildman–Crippen LogP) is 2.42. The molecule has 2 nitrogen and oxygen atoms in total. The molecule has 1 aromatic rings. The molecule has 0 saturated carbocycles. The second kappa shape index (κ2) is 6.04. The second-order valence-electron chi connectivity index (χ2n) is 3.07. The normalized spacial score (nSPS) is 12.4. The van der Waals surface area contributed by atoms with E-state index in [1.807, 2.05) is 24.4 Å². The van der Waals surface area contributed by atoms with E-state index in [9.17, 15) is 4.79 Å². The van der Waals surface area contributed by atoms with Gasteiger partial charge in [0.2, 0.25) is 5.91 Å². The molecule has 1 amide bonds. The summed E-state index contributed by atoms with van der Waals surface area (Å²) < 4.78 is 0. The molecule has 0 bridgehead atoms. The fraction of sp³-hybridized carbons (Fsp3) is 0.500. The van der Waals surface area contributed by atoms with E-state index >= 15 is 0 Å². The Morgan fingerprint density at radius 2 is 2.50 bits per heavy atom. The number of hydrogen-bond donors (Lipinski definition) is 1. The van der Waals surface area contributed by atoms with Crippen molar-refractivity contribution in [3.63, 3.8) is 0 Å². The lowest BCUT2D eigenvalue weighted by Crippen LogP contribution is -2.30. The average molecular weight is 232 g/mol. The van der Waals surface area contributed by atoms with Gasteiger partial charge in [-0.3, -0.25) is 4.79 Å². The highest BCUT2D eigenvalue weighted by Gasteiger charge is 2.06. The Balaban J connectivity index is 2.23. The van der Waals surface area contributed by atoms with Gasteiger partial charge >= 0.3 is 0 Å². The molecular weight excluding hydrogens is 218 g/mol. The highest BCUT2D eigenvalue weighted by atomic mass is 35.5. The van der Waals surface area contributed by atoms with Gasteiger partial charge < -0.3 is 5.32 Å². The smallest absolute Gasteiger partial charge is 0.225 e. The van der Waals surface area contributed by atoms with Gasteiger partial charge in [0.05, 0.1) is 11.8 Å². The van der Waals surface area contributed by atoms with Crippen molar-refractivity contribution in [3.8, 4) is 0 Å². The van der Waals surface area contributed by atoms with Crippen LogP contribution in [0.3, 0.4) is 0 Å². The molecule has 0 fully saturated rings. The zero-order valence-corrected chi connectivity index (χ0v) is 9.70. The third-order valence-corrected chi connectivity index (χ3v) is 3.22. The molecule has 0 radical (unpaired) electrons. The zero-order chi connectivity index (χ0) is 10.4. The number of carbonyl (C=O) groups excluding carboxylic acids is 1. The molecular formula is C10H14ClNOS. The van der Waals surface area contributed by atoms with Crippen molar-refractivity contribution in [1.82, 2.24) is 5.32 Å². The molecule has 0 aliphatic heterocycles. The molecule has 1 atom stereocenters. The topological polar surface area (TPSA) is 29.1 Å². The first-order valence-corrected chi connectivity index (χ1v) is 5.97. The van der Waals surface area contributed by atoms with Gasteiger partial charge in [0.15, 0.2) is 0 Å². The van der Waals surface area contributed by atoms with Crippen molar-refractivity contribution in [2.75, 3.05) is 6.54 Å². The van der Waals surface area contributed by atoms with E-state index in [-0.39, 0.29) is 11.3 Å². The van der Waals surface area contributed by atoms with E-state index < -0.39 is 0 Å². The van der Waals surface area contributed by atoms with Gasteiger partial charge in [0, 0.05) is 11.4 Å². The molecule has 1 aromatic heterocycles. The van der Waals surface area contributed by atoms with Crippen molar-refractivity contribution in [1.29, 1.82) is 0 Å². The maximum absolute atomic E-state index is 11.4. The summed E-state index contributed by atoms with van der Waals surface area (Å²) in [5.74, 6) is 0.0477. The molecule has 1 rings (SSSR count). The Morgan fingerprint density at radius 3 is 3.07 bits per heavy atom. The van der Waals surface area contributed by atoms with E-state index in [1.165, 1.54) is 0 Å². The number of carbonyl (C=O) groups is 1. The summed E-state index contributed by atoms with van der Waals surface area (Å²) in [7, 11) is 0. The predicted molar refractivity (Wildman–Crippen MR) is 61.0 cm³/mol. The van der Waals surface area contributed by atoms with E-state index in [4.69, 9.17) is 11.6 Å². The summed E-state index contributed by atoms with van der Waals surface area (Å²) in [5.41, 5.74) is 0. The van der Waals surface area contributed by atoms with E-state index in [0.29, 0.717) is 13.0 Å². The maximum atomic E-state index is 11.4. The molecule has 0 spiro atoms. The summed E-state index contributed by atoms with van der Waals surface area (Å²) in [5, 5.41) is 4.82. The molecule has 0 saturated heterocycles. The Morgan fingerprint density at radius 1 is 1.71 bits per heavy atom. The number of alkyl halides is 1. The lowest BCUT2D eigenvalue weighted by molar-refractivity contribution is -0.120. The molecule has 78 valence electrons. The molecule has 4 heteroatoms.